The van der Waals surface area contributed by atoms with Crippen molar-refractivity contribution in [3.05, 3.63) is 240 Å². The van der Waals surface area contributed by atoms with Crippen molar-refractivity contribution in [2.45, 2.75) is 19.3 Å². The normalized spacial score (nSPS) is 9.87. The van der Waals surface area contributed by atoms with Gasteiger partial charge in [-0.1, -0.05) is 54.1 Å². The Kier molecular flexibility index (Phi) is 19.4. The Bertz CT molecular complexity index is 2720. The molecule has 0 spiro atoms. The Labute approximate surface area is 389 Å². The second-order valence-corrected chi connectivity index (χ2v) is 14.5. The average molecular weight is 924 g/mol. The number of nitrogens with two attached hydrogens (primary N) is 6. The fraction of sp³-hybridized carbons (Fsp3) is 0.0638. The van der Waals surface area contributed by atoms with Crippen LogP contribution in [0.4, 0.5) is 51.2 Å². The van der Waals surface area contributed by atoms with Crippen LogP contribution in [0.5, 0.6) is 0 Å². The van der Waals surface area contributed by atoms with Gasteiger partial charge in [-0.15, -0.1) is 0 Å². The third kappa shape index (κ3) is 19.0. The highest BCUT2D eigenvalue weighted by atomic mass is 35.5. The first-order valence-electron chi connectivity index (χ1n) is 19.8. The molecule has 4 aromatic carbocycles. The molecule has 0 amide bonds. The van der Waals surface area contributed by atoms with Crippen molar-refractivity contribution in [3.8, 4) is 0 Å². The van der Waals surface area contributed by atoms with Gasteiger partial charge in [0.25, 0.3) is 17.1 Å². The van der Waals surface area contributed by atoms with Crippen LogP contribution < -0.4 is 34.4 Å². The summed E-state index contributed by atoms with van der Waals surface area (Å²) in [6.45, 7) is 0. The third-order valence-electron chi connectivity index (χ3n) is 8.73. The highest BCUT2D eigenvalue weighted by Gasteiger charge is 2.07. The van der Waals surface area contributed by atoms with Gasteiger partial charge in [-0.25, -0.2) is 4.98 Å². The van der Waals surface area contributed by atoms with Gasteiger partial charge in [0.1, 0.15) is 23.7 Å². The molecule has 8 aromatic rings. The molecular formula is C47H46ClN13O6. The molecular weight excluding hydrogens is 878 g/mol. The van der Waals surface area contributed by atoms with Crippen molar-refractivity contribution in [2.24, 2.45) is 0 Å². The van der Waals surface area contributed by atoms with E-state index in [1.807, 2.05) is 91.0 Å². The van der Waals surface area contributed by atoms with Crippen LogP contribution >= 0.6 is 11.6 Å². The maximum absolute atomic E-state index is 10.5. The summed E-state index contributed by atoms with van der Waals surface area (Å²) >= 11 is 5.38. The number of anilines is 6. The van der Waals surface area contributed by atoms with Crippen LogP contribution in [0.3, 0.4) is 0 Å². The molecule has 4 aromatic heterocycles. The molecule has 0 aliphatic carbocycles. The van der Waals surface area contributed by atoms with Gasteiger partial charge in [-0.2, -0.15) is 0 Å². The van der Waals surface area contributed by atoms with Crippen LogP contribution in [-0.4, -0.2) is 34.7 Å². The average Bonchev–Trinajstić information content (AvgIpc) is 3.29. The van der Waals surface area contributed by atoms with Crippen molar-refractivity contribution in [3.63, 3.8) is 0 Å². The first kappa shape index (κ1) is 50.4. The number of pyridine rings is 4. The van der Waals surface area contributed by atoms with Crippen molar-refractivity contribution in [1.29, 1.82) is 0 Å². The van der Waals surface area contributed by atoms with Gasteiger partial charge in [-0.05, 0) is 102 Å². The summed E-state index contributed by atoms with van der Waals surface area (Å²) in [4.78, 5) is 45.4. The monoisotopic (exact) mass is 923 g/mol. The molecule has 20 heteroatoms. The van der Waals surface area contributed by atoms with Crippen LogP contribution in [0, 0.1) is 30.3 Å². The standard InChI is InChI=1S/2C12H11N3O2.C12H13N3.C6H8N2.C5H3ClN2O2/c2*13-10-3-1-2-9(6-10)7-11-4-5-12(8-14-11)15(16)17;13-10-3-1-2-9(6-10)7-12-5-4-11(14)8-15-12;7-5-2-1-3-6(8)4-5;6-5-2-1-4(3-7-5)8(9)10/h2*1-6,8H,7,13H2;1-6,8H,7,13-14H2;1-4H,7-8H2;1-3H. The molecule has 0 saturated carbocycles. The molecule has 0 radical (unpaired) electrons. The fourth-order valence-corrected chi connectivity index (χ4v) is 5.68. The zero-order valence-electron chi connectivity index (χ0n) is 35.7. The van der Waals surface area contributed by atoms with E-state index < -0.39 is 14.8 Å². The zero-order chi connectivity index (χ0) is 48.7. The number of hydrogen-bond donors (Lipinski definition) is 6. The van der Waals surface area contributed by atoms with E-state index in [4.69, 9.17) is 46.0 Å². The molecule has 0 atom stereocenters. The lowest BCUT2D eigenvalue weighted by Gasteiger charge is -2.02. The Hall–Kier alpha value is -9.23. The van der Waals surface area contributed by atoms with E-state index in [2.05, 4.69) is 19.9 Å². The number of nitrogens with zero attached hydrogens (tertiary/aromatic N) is 7. The molecule has 0 aliphatic heterocycles. The minimum atomic E-state index is -0.524. The summed E-state index contributed by atoms with van der Waals surface area (Å²) in [5.41, 5.74) is 43.4. The van der Waals surface area contributed by atoms with Gasteiger partial charge in [0.05, 0.1) is 26.7 Å². The first-order chi connectivity index (χ1) is 32.0. The molecule has 0 unspecified atom stereocenters. The van der Waals surface area contributed by atoms with Crippen molar-refractivity contribution in [1.82, 2.24) is 19.9 Å². The summed E-state index contributed by atoms with van der Waals surface area (Å²) in [7, 11) is 0. The molecule has 342 valence electrons. The maximum Gasteiger partial charge on any atom is 0.287 e. The molecule has 0 bridgehead atoms. The summed E-state index contributed by atoms with van der Waals surface area (Å²) in [5, 5.41) is 31.2. The van der Waals surface area contributed by atoms with Crippen LogP contribution in [0.15, 0.2) is 170 Å². The van der Waals surface area contributed by atoms with Gasteiger partial charge < -0.3 is 34.4 Å². The summed E-state index contributed by atoms with van der Waals surface area (Å²) in [6.07, 6.45) is 7.32. The Balaban J connectivity index is 0.000000187. The van der Waals surface area contributed by atoms with E-state index in [1.165, 1.54) is 36.7 Å². The lowest BCUT2D eigenvalue weighted by molar-refractivity contribution is -0.385. The molecule has 0 aliphatic rings. The third-order valence-corrected chi connectivity index (χ3v) is 8.95. The molecule has 19 nitrogen and oxygen atoms in total. The predicted molar refractivity (Wildman–Crippen MR) is 263 cm³/mol. The van der Waals surface area contributed by atoms with Crippen molar-refractivity contribution >= 4 is 62.8 Å². The van der Waals surface area contributed by atoms with E-state index in [0.29, 0.717) is 41.3 Å². The van der Waals surface area contributed by atoms with Crippen molar-refractivity contribution < 1.29 is 14.8 Å². The number of rotatable bonds is 9. The van der Waals surface area contributed by atoms with E-state index in [9.17, 15) is 30.3 Å². The molecule has 8 rings (SSSR count). The van der Waals surface area contributed by atoms with Crippen LogP contribution in [0.1, 0.15) is 33.8 Å². The summed E-state index contributed by atoms with van der Waals surface area (Å²) < 4.78 is 0. The highest BCUT2D eigenvalue weighted by molar-refractivity contribution is 6.29. The minimum absolute atomic E-state index is 0.00123. The smallest absolute Gasteiger partial charge is 0.287 e. The predicted octanol–water partition coefficient (Wildman–Crippen LogP) is 8.66. The summed E-state index contributed by atoms with van der Waals surface area (Å²) in [5.74, 6) is 0. The van der Waals surface area contributed by atoms with Crippen LogP contribution in [0.2, 0.25) is 5.15 Å². The number of hydrogen-bond acceptors (Lipinski definition) is 16. The Morgan fingerprint density at radius 2 is 0.687 bits per heavy atom. The number of nitrogen functional groups attached to an aromatic ring is 6. The second kappa shape index (κ2) is 25.8. The van der Waals surface area contributed by atoms with E-state index in [0.717, 1.165) is 52.1 Å². The topological polar surface area (TPSA) is 337 Å². The van der Waals surface area contributed by atoms with Gasteiger partial charge in [-0.3, -0.25) is 45.3 Å². The van der Waals surface area contributed by atoms with Crippen LogP contribution in [0.25, 0.3) is 0 Å². The van der Waals surface area contributed by atoms with E-state index in [1.54, 1.807) is 36.5 Å². The molecule has 4 heterocycles. The maximum atomic E-state index is 10.5. The lowest BCUT2D eigenvalue weighted by atomic mass is 10.1. The number of halogens is 1. The van der Waals surface area contributed by atoms with Gasteiger partial charge in [0.15, 0.2) is 0 Å². The van der Waals surface area contributed by atoms with Gasteiger partial charge in [0.2, 0.25) is 0 Å². The minimum Gasteiger partial charge on any atom is -0.399 e. The Morgan fingerprint density at radius 1 is 0.373 bits per heavy atom. The van der Waals surface area contributed by atoms with Crippen molar-refractivity contribution in [2.75, 3.05) is 34.4 Å². The molecule has 0 saturated heterocycles. The zero-order valence-corrected chi connectivity index (χ0v) is 36.5. The largest absolute Gasteiger partial charge is 0.399 e. The molecule has 12 N–H and O–H groups in total. The van der Waals surface area contributed by atoms with Crippen LogP contribution in [-0.2, 0) is 19.3 Å². The summed E-state index contributed by atoms with van der Waals surface area (Å²) in [6, 6.07) is 42.6. The molecule has 67 heavy (non-hydrogen) atoms. The lowest BCUT2D eigenvalue weighted by Crippen LogP contribution is -1.95. The SMILES string of the molecule is Nc1ccc(Cc2cccc(N)c2)nc1.Nc1cccc(Cc2ccc([N+](=O)[O-])cn2)c1.Nc1cccc(Cc2ccc([N+](=O)[O-])cn2)c1.Nc1cccc(N)c1.O=[N+]([O-])c1ccc(Cl)nc1. The fourth-order valence-electron chi connectivity index (χ4n) is 5.57. The van der Waals surface area contributed by atoms with E-state index >= 15 is 0 Å². The number of nitro groups is 3. The molecule has 0 fully saturated rings. The quantitative estimate of drug-likeness (QED) is 0.0341. The van der Waals surface area contributed by atoms with Gasteiger partial charge >= 0.3 is 0 Å². The highest BCUT2D eigenvalue weighted by Crippen LogP contribution is 2.17. The van der Waals surface area contributed by atoms with E-state index in [-0.39, 0.29) is 22.2 Å². The second-order valence-electron chi connectivity index (χ2n) is 14.1. The number of benzene rings is 4. The first-order valence-corrected chi connectivity index (χ1v) is 20.2. The van der Waals surface area contributed by atoms with Gasteiger partial charge in [0, 0.05) is 83.0 Å². The number of aromatic nitrogens is 4. The Morgan fingerprint density at radius 3 is 0.940 bits per heavy atom.